The van der Waals surface area contributed by atoms with Crippen molar-refractivity contribution < 1.29 is 13.2 Å². The standard InChI is InChI=1S/C28H28N4O4S/c1-20-18-27(34)32-28(30-20)23-8-5-9-24(19-23)31-26(33)15-12-22-10-13-25(14-11-22)37(35,36)29-17-16-21-6-3-2-4-7-21/h2-11,13-14,18-19,29H,12,15-17H2,1H3,(H,31,33)(H,30,32,34). The van der Waals surface area contributed by atoms with Gasteiger partial charge in [0.25, 0.3) is 5.56 Å². The van der Waals surface area contributed by atoms with E-state index in [0.29, 0.717) is 42.2 Å². The van der Waals surface area contributed by atoms with Crippen molar-refractivity contribution in [3.8, 4) is 11.4 Å². The molecule has 0 fully saturated rings. The highest BCUT2D eigenvalue weighted by Crippen LogP contribution is 2.19. The third kappa shape index (κ3) is 7.45. The highest BCUT2D eigenvalue weighted by Gasteiger charge is 2.13. The lowest BCUT2D eigenvalue weighted by molar-refractivity contribution is -0.116. The topological polar surface area (TPSA) is 121 Å². The molecule has 0 aliphatic heterocycles. The van der Waals surface area contributed by atoms with Crippen molar-refractivity contribution in [3.05, 3.63) is 112 Å². The van der Waals surface area contributed by atoms with Crippen molar-refractivity contribution in [1.29, 1.82) is 0 Å². The molecule has 0 aliphatic carbocycles. The second-order valence-corrected chi connectivity index (χ2v) is 10.4. The summed E-state index contributed by atoms with van der Waals surface area (Å²) in [5.74, 6) is 0.257. The van der Waals surface area contributed by atoms with Gasteiger partial charge in [-0.15, -0.1) is 0 Å². The Morgan fingerprint density at radius 2 is 1.62 bits per heavy atom. The zero-order valence-corrected chi connectivity index (χ0v) is 21.2. The van der Waals surface area contributed by atoms with Crippen molar-refractivity contribution in [2.45, 2.75) is 31.1 Å². The van der Waals surface area contributed by atoms with Gasteiger partial charge >= 0.3 is 0 Å². The van der Waals surface area contributed by atoms with Gasteiger partial charge in [0.2, 0.25) is 15.9 Å². The van der Waals surface area contributed by atoms with Crippen LogP contribution in [0.1, 0.15) is 23.2 Å². The minimum atomic E-state index is -3.61. The summed E-state index contributed by atoms with van der Waals surface area (Å²) in [6, 6.07) is 24.7. The van der Waals surface area contributed by atoms with Crippen LogP contribution >= 0.6 is 0 Å². The number of carbonyl (C=O) groups is 1. The SMILES string of the molecule is Cc1cc(=O)[nH]c(-c2cccc(NC(=O)CCc3ccc(S(=O)(=O)NCCc4ccccc4)cc3)c2)n1. The predicted molar refractivity (Wildman–Crippen MR) is 144 cm³/mol. The van der Waals surface area contributed by atoms with Gasteiger partial charge in [-0.25, -0.2) is 18.1 Å². The largest absolute Gasteiger partial charge is 0.326 e. The Kier molecular flexibility index (Phi) is 8.27. The molecular weight excluding hydrogens is 488 g/mol. The van der Waals surface area contributed by atoms with E-state index in [1.165, 1.54) is 6.07 Å². The summed E-state index contributed by atoms with van der Waals surface area (Å²) in [4.78, 5) is 31.5. The number of amides is 1. The van der Waals surface area contributed by atoms with Gasteiger partial charge in [-0.3, -0.25) is 9.59 Å². The number of aryl methyl sites for hydroxylation is 2. The summed E-state index contributed by atoms with van der Waals surface area (Å²) >= 11 is 0. The zero-order chi connectivity index (χ0) is 26.3. The van der Waals surface area contributed by atoms with Crippen LogP contribution in [0, 0.1) is 6.92 Å². The van der Waals surface area contributed by atoms with Crippen molar-refractivity contribution in [1.82, 2.24) is 14.7 Å². The first-order valence-electron chi connectivity index (χ1n) is 11.9. The number of aromatic amines is 1. The average Bonchev–Trinajstić information content (AvgIpc) is 2.88. The summed E-state index contributed by atoms with van der Waals surface area (Å²) in [5, 5.41) is 2.86. The van der Waals surface area contributed by atoms with E-state index in [9.17, 15) is 18.0 Å². The fraction of sp³-hybridized carbons (Fsp3) is 0.179. The van der Waals surface area contributed by atoms with Crippen LogP contribution in [0.2, 0.25) is 0 Å². The molecule has 0 saturated heterocycles. The monoisotopic (exact) mass is 516 g/mol. The Bertz CT molecular complexity index is 1530. The van der Waals surface area contributed by atoms with Gasteiger partial charge in [-0.2, -0.15) is 0 Å². The van der Waals surface area contributed by atoms with Gasteiger partial charge in [0.1, 0.15) is 5.82 Å². The summed E-state index contributed by atoms with van der Waals surface area (Å²) in [7, 11) is -3.61. The van der Waals surface area contributed by atoms with Crippen molar-refractivity contribution >= 4 is 21.6 Å². The van der Waals surface area contributed by atoms with Crippen LogP contribution < -0.4 is 15.6 Å². The fourth-order valence-electron chi connectivity index (χ4n) is 3.83. The summed E-state index contributed by atoms with van der Waals surface area (Å²) in [6.45, 7) is 2.06. The van der Waals surface area contributed by atoms with Crippen molar-refractivity contribution in [2.75, 3.05) is 11.9 Å². The minimum absolute atomic E-state index is 0.179. The molecule has 3 N–H and O–H groups in total. The number of aromatic nitrogens is 2. The molecule has 0 radical (unpaired) electrons. The summed E-state index contributed by atoms with van der Waals surface area (Å²) in [6.07, 6.45) is 1.29. The average molecular weight is 517 g/mol. The predicted octanol–water partition coefficient (Wildman–Crippen LogP) is 3.84. The molecule has 0 saturated carbocycles. The van der Waals surface area contributed by atoms with Gasteiger partial charge in [0.05, 0.1) is 4.90 Å². The maximum Gasteiger partial charge on any atom is 0.251 e. The number of anilines is 1. The fourth-order valence-corrected chi connectivity index (χ4v) is 4.87. The first kappa shape index (κ1) is 26.0. The van der Waals surface area contributed by atoms with E-state index in [2.05, 4.69) is 20.0 Å². The maximum atomic E-state index is 12.6. The summed E-state index contributed by atoms with van der Waals surface area (Å²) in [5.41, 5.74) is 3.57. The molecule has 0 atom stereocenters. The van der Waals surface area contributed by atoms with Crippen molar-refractivity contribution in [2.24, 2.45) is 0 Å². The molecule has 9 heteroatoms. The highest BCUT2D eigenvalue weighted by atomic mass is 32.2. The van der Waals surface area contributed by atoms with E-state index >= 15 is 0 Å². The Morgan fingerprint density at radius 3 is 2.35 bits per heavy atom. The smallest absolute Gasteiger partial charge is 0.251 e. The Labute approximate surface area is 215 Å². The van der Waals surface area contributed by atoms with Crippen LogP contribution in [0.5, 0.6) is 0 Å². The molecule has 0 unspecified atom stereocenters. The number of sulfonamides is 1. The number of benzene rings is 3. The van der Waals surface area contributed by atoms with Crippen molar-refractivity contribution in [3.63, 3.8) is 0 Å². The third-order valence-corrected chi connectivity index (χ3v) is 7.19. The minimum Gasteiger partial charge on any atom is -0.326 e. The molecule has 190 valence electrons. The second-order valence-electron chi connectivity index (χ2n) is 8.64. The molecule has 3 aromatic carbocycles. The first-order chi connectivity index (χ1) is 17.8. The molecular formula is C28H28N4O4S. The zero-order valence-electron chi connectivity index (χ0n) is 20.4. The maximum absolute atomic E-state index is 12.6. The van der Waals surface area contributed by atoms with Gasteiger partial charge in [0.15, 0.2) is 0 Å². The lowest BCUT2D eigenvalue weighted by atomic mass is 10.1. The first-order valence-corrected chi connectivity index (χ1v) is 13.4. The number of hydrogen-bond donors (Lipinski definition) is 3. The van der Waals surface area contributed by atoms with Crippen LogP contribution in [0.3, 0.4) is 0 Å². The quantitative estimate of drug-likeness (QED) is 0.296. The van der Waals surface area contributed by atoms with E-state index < -0.39 is 10.0 Å². The summed E-state index contributed by atoms with van der Waals surface area (Å²) < 4.78 is 27.8. The Balaban J connectivity index is 1.30. The molecule has 37 heavy (non-hydrogen) atoms. The number of nitrogens with one attached hydrogen (secondary N) is 3. The number of carbonyl (C=O) groups excluding carboxylic acids is 1. The molecule has 4 aromatic rings. The molecule has 1 heterocycles. The number of nitrogens with zero attached hydrogens (tertiary/aromatic N) is 1. The molecule has 1 aromatic heterocycles. The lowest BCUT2D eigenvalue weighted by Crippen LogP contribution is -2.26. The van der Waals surface area contributed by atoms with Crippen LogP contribution in [0.25, 0.3) is 11.4 Å². The van der Waals surface area contributed by atoms with E-state index in [0.717, 1.165) is 11.1 Å². The molecule has 4 rings (SSSR count). The normalized spacial score (nSPS) is 11.3. The van der Waals surface area contributed by atoms with E-state index in [1.807, 2.05) is 30.3 Å². The highest BCUT2D eigenvalue weighted by molar-refractivity contribution is 7.89. The number of hydrogen-bond acceptors (Lipinski definition) is 5. The van der Waals surface area contributed by atoms with Gasteiger partial charge in [0, 0.05) is 36.0 Å². The van der Waals surface area contributed by atoms with E-state index in [1.54, 1.807) is 55.5 Å². The second kappa shape index (κ2) is 11.8. The molecule has 1 amide bonds. The van der Waals surface area contributed by atoms with Gasteiger partial charge in [-0.05, 0) is 55.2 Å². The van der Waals surface area contributed by atoms with E-state index in [4.69, 9.17) is 0 Å². The Morgan fingerprint density at radius 1 is 0.892 bits per heavy atom. The van der Waals surface area contributed by atoms with Crippen LogP contribution in [0.15, 0.2) is 94.6 Å². The van der Waals surface area contributed by atoms with Crippen LogP contribution in [-0.4, -0.2) is 30.8 Å². The number of rotatable bonds is 10. The number of H-pyrrole nitrogens is 1. The Hall–Kier alpha value is -4.08. The lowest BCUT2D eigenvalue weighted by Gasteiger charge is -2.09. The molecule has 0 bridgehead atoms. The van der Waals surface area contributed by atoms with Gasteiger partial charge in [-0.1, -0.05) is 54.6 Å². The van der Waals surface area contributed by atoms with E-state index in [-0.39, 0.29) is 22.8 Å². The molecule has 0 aliphatic rings. The molecule has 0 spiro atoms. The van der Waals surface area contributed by atoms with Crippen LogP contribution in [0.4, 0.5) is 5.69 Å². The third-order valence-electron chi connectivity index (χ3n) is 5.71. The molecule has 8 nitrogen and oxygen atoms in total. The van der Waals surface area contributed by atoms with Gasteiger partial charge < -0.3 is 10.3 Å². The van der Waals surface area contributed by atoms with Crippen LogP contribution in [-0.2, 0) is 27.7 Å².